The minimum atomic E-state index is -0.348. The molecule has 0 unspecified atom stereocenters. The zero-order chi connectivity index (χ0) is 20.2. The van der Waals surface area contributed by atoms with Crippen LogP contribution < -0.4 is 10.6 Å². The van der Waals surface area contributed by atoms with Crippen molar-refractivity contribution in [1.82, 2.24) is 5.16 Å². The van der Waals surface area contributed by atoms with Crippen LogP contribution >= 0.6 is 0 Å². The summed E-state index contributed by atoms with van der Waals surface area (Å²) >= 11 is 0. The third-order valence-electron chi connectivity index (χ3n) is 4.28. The number of aromatic nitrogens is 1. The Morgan fingerprint density at radius 1 is 0.828 bits per heavy atom. The van der Waals surface area contributed by atoms with E-state index in [1.54, 1.807) is 43.3 Å². The summed E-state index contributed by atoms with van der Waals surface area (Å²) in [5, 5.41) is 9.58. The summed E-state index contributed by atoms with van der Waals surface area (Å²) in [5.41, 5.74) is 2.82. The molecule has 0 atom stereocenters. The highest BCUT2D eigenvalue weighted by atomic mass is 16.5. The molecule has 0 bridgehead atoms. The number of nitrogens with one attached hydrogen (secondary N) is 2. The van der Waals surface area contributed by atoms with Gasteiger partial charge in [-0.05, 0) is 43.3 Å². The molecule has 2 aromatic heterocycles. The normalized spacial score (nSPS) is 10.5. The summed E-state index contributed by atoms with van der Waals surface area (Å²) < 4.78 is 10.3. The van der Waals surface area contributed by atoms with Gasteiger partial charge in [-0.15, -0.1) is 0 Å². The van der Waals surface area contributed by atoms with Crippen LogP contribution in [0.2, 0.25) is 0 Å². The number of aryl methyl sites for hydroxylation is 1. The second-order valence-corrected chi connectivity index (χ2v) is 6.29. The van der Waals surface area contributed by atoms with Gasteiger partial charge in [0.1, 0.15) is 17.0 Å². The van der Waals surface area contributed by atoms with E-state index in [-0.39, 0.29) is 17.6 Å². The van der Waals surface area contributed by atoms with Crippen LogP contribution in [0, 0.1) is 6.92 Å². The van der Waals surface area contributed by atoms with Crippen LogP contribution in [0.4, 0.5) is 11.4 Å². The molecule has 2 amide bonds. The number of anilines is 2. The van der Waals surface area contributed by atoms with E-state index in [1.165, 1.54) is 6.26 Å². The first kappa shape index (κ1) is 18.2. The molecule has 29 heavy (non-hydrogen) atoms. The standard InChI is InChI=1S/C22H17N3O4/c1-14-19(20(25-29-14)15-6-3-2-4-7-15)22(27)24-17-11-9-16(10-12-17)23-21(26)18-8-5-13-28-18/h2-13H,1H3,(H,23,26)(H,24,27). The summed E-state index contributed by atoms with van der Waals surface area (Å²) in [5.74, 6) is -0.0169. The van der Waals surface area contributed by atoms with Crippen LogP contribution in [0.5, 0.6) is 0 Å². The number of benzene rings is 2. The predicted molar refractivity (Wildman–Crippen MR) is 108 cm³/mol. The highest BCUT2D eigenvalue weighted by molar-refractivity contribution is 6.09. The van der Waals surface area contributed by atoms with Crippen molar-refractivity contribution < 1.29 is 18.5 Å². The summed E-state index contributed by atoms with van der Waals surface area (Å²) in [6.45, 7) is 1.70. The van der Waals surface area contributed by atoms with Crippen molar-refractivity contribution in [1.29, 1.82) is 0 Å². The van der Waals surface area contributed by atoms with Gasteiger partial charge in [-0.1, -0.05) is 35.5 Å². The molecule has 2 heterocycles. The quantitative estimate of drug-likeness (QED) is 0.515. The van der Waals surface area contributed by atoms with Crippen LogP contribution in [0.3, 0.4) is 0 Å². The molecule has 0 aliphatic carbocycles. The van der Waals surface area contributed by atoms with Gasteiger partial charge in [0.2, 0.25) is 0 Å². The molecule has 7 heteroatoms. The molecule has 0 radical (unpaired) electrons. The number of carbonyl (C=O) groups is 2. The van der Waals surface area contributed by atoms with E-state index in [2.05, 4.69) is 15.8 Å². The number of carbonyl (C=O) groups excluding carboxylic acids is 2. The minimum absolute atomic E-state index is 0.221. The van der Waals surface area contributed by atoms with Crippen LogP contribution in [0.25, 0.3) is 11.3 Å². The lowest BCUT2D eigenvalue weighted by molar-refractivity contribution is 0.0994. The third kappa shape index (κ3) is 3.93. The van der Waals surface area contributed by atoms with Crippen molar-refractivity contribution in [3.63, 3.8) is 0 Å². The molecular weight excluding hydrogens is 370 g/mol. The molecule has 4 rings (SSSR count). The van der Waals surface area contributed by atoms with Crippen LogP contribution in [0.15, 0.2) is 81.9 Å². The Balaban J connectivity index is 1.48. The molecule has 0 saturated heterocycles. The lowest BCUT2D eigenvalue weighted by Gasteiger charge is -2.08. The van der Waals surface area contributed by atoms with Crippen molar-refractivity contribution in [2.45, 2.75) is 6.92 Å². The molecule has 0 spiro atoms. The fourth-order valence-electron chi connectivity index (χ4n) is 2.86. The summed E-state index contributed by atoms with van der Waals surface area (Å²) in [6.07, 6.45) is 1.43. The summed E-state index contributed by atoms with van der Waals surface area (Å²) in [6, 6.07) is 19.4. The monoisotopic (exact) mass is 387 g/mol. The van der Waals surface area contributed by atoms with Crippen molar-refractivity contribution in [3.05, 3.63) is 90.1 Å². The Hall–Kier alpha value is -4.13. The van der Waals surface area contributed by atoms with Gasteiger partial charge in [-0.2, -0.15) is 0 Å². The minimum Gasteiger partial charge on any atom is -0.459 e. The third-order valence-corrected chi connectivity index (χ3v) is 4.28. The van der Waals surface area contributed by atoms with Gasteiger partial charge in [0.25, 0.3) is 11.8 Å². The Morgan fingerprint density at radius 2 is 1.48 bits per heavy atom. The highest BCUT2D eigenvalue weighted by Crippen LogP contribution is 2.26. The van der Waals surface area contributed by atoms with Crippen LogP contribution in [0.1, 0.15) is 26.7 Å². The number of nitrogens with zero attached hydrogens (tertiary/aromatic N) is 1. The number of rotatable bonds is 5. The Labute approximate surface area is 166 Å². The fourth-order valence-corrected chi connectivity index (χ4v) is 2.86. The Bertz CT molecular complexity index is 1130. The van der Waals surface area contributed by atoms with Crippen LogP contribution in [-0.4, -0.2) is 17.0 Å². The van der Waals surface area contributed by atoms with E-state index >= 15 is 0 Å². The lowest BCUT2D eigenvalue weighted by Crippen LogP contribution is -2.14. The zero-order valence-corrected chi connectivity index (χ0v) is 15.5. The molecule has 0 saturated carbocycles. The topological polar surface area (TPSA) is 97.4 Å². The molecule has 144 valence electrons. The first-order chi connectivity index (χ1) is 14.1. The van der Waals surface area contributed by atoms with Gasteiger partial charge in [-0.3, -0.25) is 9.59 Å². The van der Waals surface area contributed by atoms with E-state index in [0.29, 0.717) is 28.4 Å². The van der Waals surface area contributed by atoms with E-state index in [4.69, 9.17) is 8.94 Å². The number of hydrogen-bond donors (Lipinski definition) is 2. The second-order valence-electron chi connectivity index (χ2n) is 6.29. The maximum atomic E-state index is 12.8. The number of furan rings is 1. The first-order valence-electron chi connectivity index (χ1n) is 8.90. The van der Waals surface area contributed by atoms with E-state index in [1.807, 2.05) is 30.3 Å². The molecule has 0 aliphatic rings. The smallest absolute Gasteiger partial charge is 0.291 e. The van der Waals surface area contributed by atoms with Gasteiger partial charge in [0.15, 0.2) is 5.76 Å². The largest absolute Gasteiger partial charge is 0.459 e. The van der Waals surface area contributed by atoms with Gasteiger partial charge >= 0.3 is 0 Å². The molecule has 0 fully saturated rings. The maximum Gasteiger partial charge on any atom is 0.291 e. The predicted octanol–water partition coefficient (Wildman–Crippen LogP) is 4.75. The lowest BCUT2D eigenvalue weighted by atomic mass is 10.1. The van der Waals surface area contributed by atoms with Crippen molar-refractivity contribution in [3.8, 4) is 11.3 Å². The van der Waals surface area contributed by atoms with Crippen molar-refractivity contribution in [2.24, 2.45) is 0 Å². The molecule has 2 aromatic carbocycles. The summed E-state index contributed by atoms with van der Waals surface area (Å²) in [4.78, 5) is 24.8. The second kappa shape index (κ2) is 7.85. The molecule has 4 aromatic rings. The van der Waals surface area contributed by atoms with Gasteiger partial charge in [-0.25, -0.2) is 0 Å². The van der Waals surface area contributed by atoms with Gasteiger partial charge < -0.3 is 19.6 Å². The zero-order valence-electron chi connectivity index (χ0n) is 15.5. The van der Waals surface area contributed by atoms with E-state index in [0.717, 1.165) is 5.56 Å². The average molecular weight is 387 g/mol. The average Bonchev–Trinajstić information content (AvgIpc) is 3.40. The number of hydrogen-bond acceptors (Lipinski definition) is 5. The van der Waals surface area contributed by atoms with Crippen molar-refractivity contribution >= 4 is 23.2 Å². The molecule has 7 nitrogen and oxygen atoms in total. The fraction of sp³-hybridized carbons (Fsp3) is 0.0455. The SMILES string of the molecule is Cc1onc(-c2ccccc2)c1C(=O)Nc1ccc(NC(=O)c2ccco2)cc1. The van der Waals surface area contributed by atoms with Gasteiger partial charge in [0.05, 0.1) is 6.26 Å². The highest BCUT2D eigenvalue weighted by Gasteiger charge is 2.21. The number of amides is 2. The van der Waals surface area contributed by atoms with Crippen LogP contribution in [-0.2, 0) is 0 Å². The molecule has 0 aliphatic heterocycles. The van der Waals surface area contributed by atoms with E-state index < -0.39 is 0 Å². The summed E-state index contributed by atoms with van der Waals surface area (Å²) in [7, 11) is 0. The van der Waals surface area contributed by atoms with Gasteiger partial charge in [0, 0.05) is 16.9 Å². The van der Waals surface area contributed by atoms with E-state index in [9.17, 15) is 9.59 Å². The Kier molecular flexibility index (Phi) is 4.94. The maximum absolute atomic E-state index is 12.8. The molecular formula is C22H17N3O4. The molecule has 2 N–H and O–H groups in total. The first-order valence-corrected chi connectivity index (χ1v) is 8.90. The van der Waals surface area contributed by atoms with Crippen molar-refractivity contribution in [2.75, 3.05) is 10.6 Å². The Morgan fingerprint density at radius 3 is 2.10 bits per heavy atom.